The first-order valence-electron chi connectivity index (χ1n) is 7.40. The minimum absolute atomic E-state index is 0.0173. The lowest BCUT2D eigenvalue weighted by atomic mass is 9.85. The van der Waals surface area contributed by atoms with Crippen LogP contribution in [0.25, 0.3) is 11.3 Å². The molecular weight excluding hydrogens is 336 g/mol. The zero-order valence-electron chi connectivity index (χ0n) is 13.4. The topological polar surface area (TPSA) is 48.9 Å². The average molecular weight is 350 g/mol. The molecule has 0 spiro atoms. The molecule has 7 heteroatoms. The molecule has 0 saturated heterocycles. The van der Waals surface area contributed by atoms with Crippen LogP contribution in [0.4, 0.5) is 17.6 Å². The zero-order chi connectivity index (χ0) is 18.4. The normalized spacial score (nSPS) is 13.7. The van der Waals surface area contributed by atoms with E-state index < -0.39 is 28.9 Å². The van der Waals surface area contributed by atoms with Crippen LogP contribution < -0.4 is 0 Å². The fourth-order valence-corrected chi connectivity index (χ4v) is 2.92. The Morgan fingerprint density at radius 1 is 0.960 bits per heavy atom. The predicted molar refractivity (Wildman–Crippen MR) is 83.7 cm³/mol. The van der Waals surface area contributed by atoms with Crippen molar-refractivity contribution in [2.75, 3.05) is 0 Å². The molecule has 1 aromatic heterocycles. The average Bonchev–Trinajstić information content (AvgIpc) is 2.89. The number of hydrogen-bond donors (Lipinski definition) is 2. The number of halogens is 4. The van der Waals surface area contributed by atoms with Gasteiger partial charge in [0.1, 0.15) is 34.6 Å². The molecule has 3 nitrogen and oxygen atoms in total. The van der Waals surface area contributed by atoms with Crippen molar-refractivity contribution in [2.24, 2.45) is 0 Å². The second-order valence-corrected chi connectivity index (χ2v) is 5.89. The Kier molecular flexibility index (Phi) is 4.12. The highest BCUT2D eigenvalue weighted by Crippen LogP contribution is 2.39. The highest BCUT2D eigenvalue weighted by molar-refractivity contribution is 5.67. The van der Waals surface area contributed by atoms with Crippen LogP contribution in [0.2, 0.25) is 0 Å². The van der Waals surface area contributed by atoms with Gasteiger partial charge >= 0.3 is 0 Å². The summed E-state index contributed by atoms with van der Waals surface area (Å²) in [4.78, 5) is 0. The summed E-state index contributed by atoms with van der Waals surface area (Å²) in [5, 5.41) is 17.6. The second kappa shape index (κ2) is 6.00. The van der Waals surface area contributed by atoms with Gasteiger partial charge in [0.15, 0.2) is 0 Å². The number of benzene rings is 2. The zero-order valence-corrected chi connectivity index (χ0v) is 13.4. The highest BCUT2D eigenvalue weighted by atomic mass is 19.1. The van der Waals surface area contributed by atoms with Crippen LogP contribution >= 0.6 is 0 Å². The monoisotopic (exact) mass is 350 g/mol. The number of H-pyrrole nitrogens is 1. The van der Waals surface area contributed by atoms with Gasteiger partial charge < -0.3 is 5.11 Å². The molecule has 0 saturated carbocycles. The molecule has 0 amide bonds. The van der Waals surface area contributed by atoms with Crippen molar-refractivity contribution in [2.45, 2.75) is 19.4 Å². The van der Waals surface area contributed by atoms with Crippen LogP contribution in [0.1, 0.15) is 23.7 Å². The van der Waals surface area contributed by atoms with E-state index in [-0.39, 0.29) is 22.4 Å². The summed E-state index contributed by atoms with van der Waals surface area (Å²) in [5.74, 6) is -3.36. The van der Waals surface area contributed by atoms with E-state index in [1.54, 1.807) is 6.92 Å². The molecule has 1 atom stereocenters. The number of nitrogens with zero attached hydrogens (tertiary/aromatic N) is 1. The van der Waals surface area contributed by atoms with Gasteiger partial charge in [0.05, 0.1) is 0 Å². The Morgan fingerprint density at radius 2 is 1.56 bits per heavy atom. The molecule has 0 aliphatic carbocycles. The van der Waals surface area contributed by atoms with Gasteiger partial charge in [-0.15, -0.1) is 0 Å². The number of nitrogens with one attached hydrogen (secondary N) is 1. The number of rotatable bonds is 3. The second-order valence-electron chi connectivity index (χ2n) is 5.89. The summed E-state index contributed by atoms with van der Waals surface area (Å²) in [6, 6.07) is 5.70. The van der Waals surface area contributed by atoms with Crippen LogP contribution in [-0.2, 0) is 5.60 Å². The van der Waals surface area contributed by atoms with Gasteiger partial charge in [0.2, 0.25) is 0 Å². The molecule has 2 N–H and O–H groups in total. The molecule has 3 rings (SSSR count). The first kappa shape index (κ1) is 17.2. The molecule has 0 radical (unpaired) electrons. The standard InChI is InChI=1S/C18H14F4N2O/c1-9-16(18(2,25)13-6-4-11(20)8-15(13)22)17(24-23-9)12-5-3-10(19)7-14(12)21/h3-8,25H,1-2H3,(H,23,24). The fraction of sp³-hybridized carbons (Fsp3) is 0.167. The summed E-state index contributed by atoms with van der Waals surface area (Å²) >= 11 is 0. The van der Waals surface area contributed by atoms with Gasteiger partial charge in [0, 0.05) is 34.5 Å². The Bertz CT molecular complexity index is 950. The number of hydrogen-bond acceptors (Lipinski definition) is 2. The van der Waals surface area contributed by atoms with Crippen molar-refractivity contribution in [1.29, 1.82) is 0 Å². The lowest BCUT2D eigenvalue weighted by Gasteiger charge is -2.25. The third kappa shape index (κ3) is 2.91. The molecule has 25 heavy (non-hydrogen) atoms. The van der Waals surface area contributed by atoms with E-state index in [4.69, 9.17) is 0 Å². The molecule has 1 heterocycles. The maximum atomic E-state index is 14.2. The molecular formula is C18H14F4N2O. The van der Waals surface area contributed by atoms with Gasteiger partial charge in [0.25, 0.3) is 0 Å². The van der Waals surface area contributed by atoms with E-state index in [0.29, 0.717) is 17.8 Å². The van der Waals surface area contributed by atoms with Gasteiger partial charge in [-0.3, -0.25) is 5.10 Å². The molecule has 3 aromatic rings. The van der Waals surface area contributed by atoms with Crippen molar-refractivity contribution in [3.05, 3.63) is 76.5 Å². The van der Waals surface area contributed by atoms with Gasteiger partial charge in [-0.2, -0.15) is 5.10 Å². The van der Waals surface area contributed by atoms with Crippen LogP contribution in [0, 0.1) is 30.2 Å². The van der Waals surface area contributed by atoms with Crippen molar-refractivity contribution >= 4 is 0 Å². The summed E-state index contributed by atoms with van der Waals surface area (Å²) < 4.78 is 54.7. The minimum Gasteiger partial charge on any atom is -0.380 e. The Hall–Kier alpha value is -2.67. The summed E-state index contributed by atoms with van der Waals surface area (Å²) in [5.41, 5.74) is -1.67. The van der Waals surface area contributed by atoms with Gasteiger partial charge in [-0.25, -0.2) is 17.6 Å². The molecule has 130 valence electrons. The third-order valence-corrected chi connectivity index (χ3v) is 4.08. The van der Waals surface area contributed by atoms with Crippen molar-refractivity contribution < 1.29 is 22.7 Å². The number of aliphatic hydroxyl groups is 1. The van der Waals surface area contributed by atoms with E-state index in [9.17, 15) is 22.7 Å². The van der Waals surface area contributed by atoms with E-state index in [1.165, 1.54) is 13.0 Å². The Balaban J connectivity index is 2.22. The number of aromatic amines is 1. The third-order valence-electron chi connectivity index (χ3n) is 4.08. The predicted octanol–water partition coefficient (Wildman–Crippen LogP) is 4.20. The largest absolute Gasteiger partial charge is 0.380 e. The quantitative estimate of drug-likeness (QED) is 0.696. The maximum Gasteiger partial charge on any atom is 0.135 e. The first-order valence-corrected chi connectivity index (χ1v) is 7.40. The molecule has 0 fully saturated rings. The van der Waals surface area contributed by atoms with E-state index in [0.717, 1.165) is 18.2 Å². The smallest absolute Gasteiger partial charge is 0.135 e. The van der Waals surface area contributed by atoms with E-state index in [2.05, 4.69) is 10.2 Å². The van der Waals surface area contributed by atoms with Gasteiger partial charge in [-0.1, -0.05) is 0 Å². The molecule has 1 unspecified atom stereocenters. The van der Waals surface area contributed by atoms with Crippen LogP contribution in [0.15, 0.2) is 36.4 Å². The summed E-state index contributed by atoms with van der Waals surface area (Å²) in [7, 11) is 0. The first-order chi connectivity index (χ1) is 11.7. The van der Waals surface area contributed by atoms with Crippen LogP contribution in [0.3, 0.4) is 0 Å². The number of aryl methyl sites for hydroxylation is 1. The fourth-order valence-electron chi connectivity index (χ4n) is 2.92. The van der Waals surface area contributed by atoms with Gasteiger partial charge in [-0.05, 0) is 38.1 Å². The van der Waals surface area contributed by atoms with E-state index in [1.807, 2.05) is 0 Å². The van der Waals surface area contributed by atoms with Crippen molar-refractivity contribution in [1.82, 2.24) is 10.2 Å². The van der Waals surface area contributed by atoms with E-state index >= 15 is 0 Å². The van der Waals surface area contributed by atoms with Crippen molar-refractivity contribution in [3.63, 3.8) is 0 Å². The minimum atomic E-state index is -1.93. The van der Waals surface area contributed by atoms with Crippen LogP contribution in [-0.4, -0.2) is 15.3 Å². The van der Waals surface area contributed by atoms with Crippen LogP contribution in [0.5, 0.6) is 0 Å². The summed E-state index contributed by atoms with van der Waals surface area (Å²) in [6.07, 6.45) is 0. The lowest BCUT2D eigenvalue weighted by molar-refractivity contribution is 0.0977. The Labute approximate surface area is 140 Å². The number of aromatic nitrogens is 2. The van der Waals surface area contributed by atoms with Crippen molar-refractivity contribution in [3.8, 4) is 11.3 Å². The maximum absolute atomic E-state index is 14.2. The molecule has 2 aromatic carbocycles. The lowest BCUT2D eigenvalue weighted by Crippen LogP contribution is -2.26. The highest BCUT2D eigenvalue weighted by Gasteiger charge is 2.35. The molecule has 0 aliphatic heterocycles. The molecule has 0 bridgehead atoms. The molecule has 0 aliphatic rings. The summed E-state index contributed by atoms with van der Waals surface area (Å²) in [6.45, 7) is 2.87. The Morgan fingerprint density at radius 3 is 2.16 bits per heavy atom. The SMILES string of the molecule is Cc1[nH]nc(-c2ccc(F)cc2F)c1C(C)(O)c1ccc(F)cc1F.